The molecular weight excluding hydrogens is 234 g/mol. The fraction of sp³-hybridized carbons (Fsp3) is 0.750. The number of nitrogens with zero attached hydrogens (tertiary/aromatic N) is 2. The molecule has 1 aromatic rings. The van der Waals surface area contributed by atoms with Gasteiger partial charge in [0.05, 0.1) is 17.8 Å². The van der Waals surface area contributed by atoms with Crippen molar-refractivity contribution in [3.63, 3.8) is 0 Å². The molecular formula is C12H21N3OS. The largest absolute Gasteiger partial charge is 0.381 e. The molecule has 1 aliphatic heterocycles. The van der Waals surface area contributed by atoms with Crippen LogP contribution in [-0.4, -0.2) is 49.8 Å². The first-order valence-corrected chi connectivity index (χ1v) is 7.04. The quantitative estimate of drug-likeness (QED) is 0.858. The van der Waals surface area contributed by atoms with E-state index in [0.29, 0.717) is 12.0 Å². The van der Waals surface area contributed by atoms with E-state index in [4.69, 9.17) is 4.74 Å². The van der Waals surface area contributed by atoms with Crippen LogP contribution in [-0.2, 0) is 11.3 Å². The summed E-state index contributed by atoms with van der Waals surface area (Å²) in [5, 5.41) is 5.51. The van der Waals surface area contributed by atoms with Gasteiger partial charge in [-0.25, -0.2) is 4.98 Å². The SMILES string of the molecule is CNC1CCOCC1CN(C)Cc1cscn1. The maximum atomic E-state index is 5.57. The molecule has 2 atom stereocenters. The lowest BCUT2D eigenvalue weighted by Gasteiger charge is -2.33. The summed E-state index contributed by atoms with van der Waals surface area (Å²) in [5.41, 5.74) is 3.05. The zero-order valence-corrected chi connectivity index (χ0v) is 11.4. The van der Waals surface area contributed by atoms with E-state index in [1.807, 2.05) is 12.6 Å². The Labute approximate surface area is 107 Å². The topological polar surface area (TPSA) is 37.4 Å². The van der Waals surface area contributed by atoms with Gasteiger partial charge >= 0.3 is 0 Å². The Balaban J connectivity index is 1.82. The number of hydrogen-bond acceptors (Lipinski definition) is 5. The molecule has 0 aromatic carbocycles. The summed E-state index contributed by atoms with van der Waals surface area (Å²) in [7, 11) is 4.20. The molecule has 2 unspecified atom stereocenters. The van der Waals surface area contributed by atoms with Gasteiger partial charge in [0.15, 0.2) is 0 Å². The van der Waals surface area contributed by atoms with Crippen molar-refractivity contribution < 1.29 is 4.74 Å². The Morgan fingerprint density at radius 3 is 3.24 bits per heavy atom. The number of thiazole rings is 1. The molecule has 96 valence electrons. The molecule has 0 bridgehead atoms. The summed E-state index contributed by atoms with van der Waals surface area (Å²) in [4.78, 5) is 6.65. The van der Waals surface area contributed by atoms with Gasteiger partial charge in [0.1, 0.15) is 0 Å². The predicted octanol–water partition coefficient (Wildman–Crippen LogP) is 1.20. The second kappa shape index (κ2) is 6.44. The maximum Gasteiger partial charge on any atom is 0.0795 e. The Bertz CT molecular complexity index is 318. The van der Waals surface area contributed by atoms with E-state index < -0.39 is 0 Å². The molecule has 0 amide bonds. The van der Waals surface area contributed by atoms with Gasteiger partial charge in [-0.3, -0.25) is 0 Å². The summed E-state index contributed by atoms with van der Waals surface area (Å²) >= 11 is 1.66. The predicted molar refractivity (Wildman–Crippen MR) is 70.2 cm³/mol. The van der Waals surface area contributed by atoms with Crippen LogP contribution < -0.4 is 5.32 Å². The van der Waals surface area contributed by atoms with E-state index in [9.17, 15) is 0 Å². The van der Waals surface area contributed by atoms with E-state index in [1.165, 1.54) is 0 Å². The first-order valence-electron chi connectivity index (χ1n) is 6.10. The average molecular weight is 255 g/mol. The summed E-state index contributed by atoms with van der Waals surface area (Å²) < 4.78 is 5.57. The summed E-state index contributed by atoms with van der Waals surface area (Å²) in [5.74, 6) is 0.581. The molecule has 1 aromatic heterocycles. The standard InChI is InChI=1S/C12H21N3OS/c1-13-12-3-4-16-7-10(12)5-15(2)6-11-8-17-9-14-11/h8-10,12-13H,3-7H2,1-2H3. The third-order valence-electron chi connectivity index (χ3n) is 3.31. The Morgan fingerprint density at radius 2 is 2.53 bits per heavy atom. The smallest absolute Gasteiger partial charge is 0.0795 e. The zero-order chi connectivity index (χ0) is 12.1. The molecule has 0 radical (unpaired) electrons. The molecule has 17 heavy (non-hydrogen) atoms. The van der Waals surface area contributed by atoms with Crippen molar-refractivity contribution in [1.82, 2.24) is 15.2 Å². The van der Waals surface area contributed by atoms with Crippen LogP contribution >= 0.6 is 11.3 Å². The third-order valence-corrected chi connectivity index (χ3v) is 3.94. The van der Waals surface area contributed by atoms with Crippen molar-refractivity contribution in [3.8, 4) is 0 Å². The molecule has 5 heteroatoms. The second-order valence-corrected chi connectivity index (χ2v) is 5.41. The number of ether oxygens (including phenoxy) is 1. The molecule has 1 fully saturated rings. The minimum atomic E-state index is 0.581. The van der Waals surface area contributed by atoms with Crippen LogP contribution in [0.3, 0.4) is 0 Å². The van der Waals surface area contributed by atoms with Crippen molar-refractivity contribution in [2.45, 2.75) is 19.0 Å². The van der Waals surface area contributed by atoms with Gasteiger partial charge in [0, 0.05) is 37.0 Å². The van der Waals surface area contributed by atoms with Crippen LogP contribution in [0.5, 0.6) is 0 Å². The van der Waals surface area contributed by atoms with Crippen LogP contribution in [0.1, 0.15) is 12.1 Å². The molecule has 0 saturated carbocycles. The van der Waals surface area contributed by atoms with Crippen LogP contribution in [0.4, 0.5) is 0 Å². The summed E-state index contributed by atoms with van der Waals surface area (Å²) in [6.45, 7) is 3.74. The van der Waals surface area contributed by atoms with Crippen LogP contribution in [0.25, 0.3) is 0 Å². The maximum absolute atomic E-state index is 5.57. The minimum Gasteiger partial charge on any atom is -0.381 e. The van der Waals surface area contributed by atoms with Crippen molar-refractivity contribution in [3.05, 3.63) is 16.6 Å². The normalized spacial score (nSPS) is 25.4. The highest BCUT2D eigenvalue weighted by Gasteiger charge is 2.25. The van der Waals surface area contributed by atoms with Gasteiger partial charge < -0.3 is 15.0 Å². The highest BCUT2D eigenvalue weighted by molar-refractivity contribution is 7.07. The molecule has 2 rings (SSSR count). The molecule has 0 spiro atoms. The van der Waals surface area contributed by atoms with Crippen LogP contribution in [0.2, 0.25) is 0 Å². The Morgan fingerprint density at radius 1 is 1.65 bits per heavy atom. The van der Waals surface area contributed by atoms with Crippen molar-refractivity contribution in [2.24, 2.45) is 5.92 Å². The molecule has 0 aliphatic carbocycles. The first-order chi connectivity index (χ1) is 8.29. The van der Waals surface area contributed by atoms with Gasteiger partial charge in [-0.2, -0.15) is 0 Å². The highest BCUT2D eigenvalue weighted by Crippen LogP contribution is 2.16. The zero-order valence-electron chi connectivity index (χ0n) is 10.6. The number of rotatable bonds is 5. The van der Waals surface area contributed by atoms with E-state index in [2.05, 4.69) is 27.6 Å². The number of nitrogens with one attached hydrogen (secondary N) is 1. The van der Waals surface area contributed by atoms with Crippen LogP contribution in [0, 0.1) is 5.92 Å². The van der Waals surface area contributed by atoms with Crippen LogP contribution in [0.15, 0.2) is 10.9 Å². The lowest BCUT2D eigenvalue weighted by Crippen LogP contribution is -2.45. The molecule has 1 aliphatic rings. The number of hydrogen-bond donors (Lipinski definition) is 1. The first kappa shape index (κ1) is 13.0. The highest BCUT2D eigenvalue weighted by atomic mass is 32.1. The van der Waals surface area contributed by atoms with Gasteiger partial charge in [-0.15, -0.1) is 11.3 Å². The van der Waals surface area contributed by atoms with Crippen molar-refractivity contribution >= 4 is 11.3 Å². The van der Waals surface area contributed by atoms with Gasteiger partial charge in [0.25, 0.3) is 0 Å². The molecule has 4 nitrogen and oxygen atoms in total. The molecule has 1 N–H and O–H groups in total. The second-order valence-electron chi connectivity index (χ2n) is 4.70. The van der Waals surface area contributed by atoms with E-state index in [-0.39, 0.29) is 0 Å². The van der Waals surface area contributed by atoms with E-state index in [0.717, 1.165) is 38.4 Å². The third kappa shape index (κ3) is 3.74. The molecule has 2 heterocycles. The Hall–Kier alpha value is -0.490. The lowest BCUT2D eigenvalue weighted by atomic mass is 9.95. The Kier molecular flexibility index (Phi) is 4.91. The minimum absolute atomic E-state index is 0.581. The monoisotopic (exact) mass is 255 g/mol. The lowest BCUT2D eigenvalue weighted by molar-refractivity contribution is 0.0207. The van der Waals surface area contributed by atoms with E-state index in [1.54, 1.807) is 11.3 Å². The van der Waals surface area contributed by atoms with Crippen molar-refractivity contribution in [1.29, 1.82) is 0 Å². The van der Waals surface area contributed by atoms with Gasteiger partial charge in [0.2, 0.25) is 0 Å². The fourth-order valence-corrected chi connectivity index (χ4v) is 2.96. The number of aromatic nitrogens is 1. The van der Waals surface area contributed by atoms with Gasteiger partial charge in [-0.05, 0) is 20.5 Å². The summed E-state index contributed by atoms with van der Waals surface area (Å²) in [6.07, 6.45) is 1.12. The van der Waals surface area contributed by atoms with E-state index >= 15 is 0 Å². The molecule has 1 saturated heterocycles. The van der Waals surface area contributed by atoms with Crippen molar-refractivity contribution in [2.75, 3.05) is 33.9 Å². The average Bonchev–Trinajstić information content (AvgIpc) is 2.82. The fourth-order valence-electron chi connectivity index (χ4n) is 2.41. The summed E-state index contributed by atoms with van der Waals surface area (Å²) in [6, 6.07) is 0.585. The van der Waals surface area contributed by atoms with Gasteiger partial charge in [-0.1, -0.05) is 0 Å².